The van der Waals surface area contributed by atoms with E-state index in [0.717, 1.165) is 5.56 Å². The number of benzene rings is 2. The van der Waals surface area contributed by atoms with Gasteiger partial charge in [-0.2, -0.15) is 0 Å². The van der Waals surface area contributed by atoms with E-state index in [4.69, 9.17) is 0 Å². The Morgan fingerprint density at radius 1 is 1.00 bits per heavy atom. The SMILES string of the molecule is Cc1ccc(C)c(S(=O)(=O)Nc2ccccc2C(=O)NC(C)c2ccccn2)c1. The molecule has 1 aromatic heterocycles. The van der Waals surface area contributed by atoms with E-state index in [1.165, 1.54) is 0 Å². The topological polar surface area (TPSA) is 88.2 Å². The number of anilines is 1. The molecule has 0 bridgehead atoms. The maximum absolute atomic E-state index is 12.9. The lowest BCUT2D eigenvalue weighted by Crippen LogP contribution is -2.28. The third kappa shape index (κ3) is 4.81. The van der Waals surface area contributed by atoms with Gasteiger partial charge in [0.25, 0.3) is 15.9 Å². The predicted octanol–water partition coefficient (Wildman–Crippen LogP) is 3.99. The second kappa shape index (κ2) is 8.45. The molecule has 2 N–H and O–H groups in total. The normalized spacial score (nSPS) is 12.2. The fraction of sp³-hybridized carbons (Fsp3) is 0.182. The summed E-state index contributed by atoms with van der Waals surface area (Å²) in [5, 5.41) is 2.86. The molecule has 0 aliphatic heterocycles. The highest BCUT2D eigenvalue weighted by Gasteiger charge is 2.21. The Kier molecular flexibility index (Phi) is 5.98. The molecular formula is C22H23N3O3S. The van der Waals surface area contributed by atoms with E-state index in [1.54, 1.807) is 55.6 Å². The molecule has 1 amide bonds. The van der Waals surface area contributed by atoms with Crippen LogP contribution in [0.4, 0.5) is 5.69 Å². The van der Waals surface area contributed by atoms with Crippen LogP contribution in [-0.2, 0) is 10.0 Å². The zero-order valence-electron chi connectivity index (χ0n) is 16.5. The van der Waals surface area contributed by atoms with Crippen LogP contribution in [0.5, 0.6) is 0 Å². The van der Waals surface area contributed by atoms with Crippen LogP contribution in [0, 0.1) is 13.8 Å². The van der Waals surface area contributed by atoms with Crippen LogP contribution in [0.25, 0.3) is 0 Å². The molecule has 7 heteroatoms. The Hall–Kier alpha value is -3.19. The molecule has 3 rings (SSSR count). The van der Waals surface area contributed by atoms with Crippen LogP contribution in [-0.4, -0.2) is 19.3 Å². The second-order valence-electron chi connectivity index (χ2n) is 6.87. The van der Waals surface area contributed by atoms with E-state index in [1.807, 2.05) is 32.0 Å². The number of para-hydroxylation sites is 1. The summed E-state index contributed by atoms with van der Waals surface area (Å²) in [4.78, 5) is 17.2. The zero-order chi connectivity index (χ0) is 21.0. The summed E-state index contributed by atoms with van der Waals surface area (Å²) >= 11 is 0. The second-order valence-corrected chi connectivity index (χ2v) is 8.52. The minimum absolute atomic E-state index is 0.189. The third-order valence-electron chi connectivity index (χ3n) is 4.53. The first kappa shape index (κ1) is 20.5. The van der Waals surface area contributed by atoms with E-state index >= 15 is 0 Å². The van der Waals surface area contributed by atoms with Gasteiger partial charge in [0.05, 0.1) is 27.9 Å². The number of hydrogen-bond donors (Lipinski definition) is 2. The number of aryl methyl sites for hydroxylation is 2. The molecule has 1 heterocycles. The molecule has 0 spiro atoms. The molecule has 150 valence electrons. The lowest BCUT2D eigenvalue weighted by atomic mass is 10.1. The Morgan fingerprint density at radius 3 is 2.45 bits per heavy atom. The standard InChI is InChI=1S/C22H23N3O3S/c1-15-11-12-16(2)21(14-15)29(27,28)25-20-10-5-4-8-18(20)22(26)24-17(3)19-9-6-7-13-23-19/h4-14,17,25H,1-3H3,(H,24,26). The van der Waals surface area contributed by atoms with E-state index in [9.17, 15) is 13.2 Å². The third-order valence-corrected chi connectivity index (χ3v) is 6.04. The van der Waals surface area contributed by atoms with Crippen LogP contribution >= 0.6 is 0 Å². The van der Waals surface area contributed by atoms with Crippen molar-refractivity contribution in [3.05, 3.63) is 89.2 Å². The lowest BCUT2D eigenvalue weighted by Gasteiger charge is -2.17. The highest BCUT2D eigenvalue weighted by atomic mass is 32.2. The van der Waals surface area contributed by atoms with Crippen molar-refractivity contribution >= 4 is 21.6 Å². The molecular weight excluding hydrogens is 386 g/mol. The Balaban J connectivity index is 1.87. The van der Waals surface area contributed by atoms with Crippen molar-refractivity contribution in [2.75, 3.05) is 4.72 Å². The molecule has 3 aromatic rings. The Morgan fingerprint density at radius 2 is 1.72 bits per heavy atom. The van der Waals surface area contributed by atoms with Gasteiger partial charge in [-0.05, 0) is 62.2 Å². The number of nitrogens with zero attached hydrogens (tertiary/aromatic N) is 1. The van der Waals surface area contributed by atoms with Gasteiger partial charge in [0.2, 0.25) is 0 Å². The van der Waals surface area contributed by atoms with E-state index in [0.29, 0.717) is 11.3 Å². The molecule has 0 saturated carbocycles. The lowest BCUT2D eigenvalue weighted by molar-refractivity contribution is 0.0940. The summed E-state index contributed by atoms with van der Waals surface area (Å²) in [6, 6.07) is 16.9. The van der Waals surface area contributed by atoms with Gasteiger partial charge >= 0.3 is 0 Å². The molecule has 0 radical (unpaired) electrons. The summed E-state index contributed by atoms with van der Waals surface area (Å²) < 4.78 is 28.4. The number of carbonyl (C=O) groups excluding carboxylic acids is 1. The average molecular weight is 410 g/mol. The quantitative estimate of drug-likeness (QED) is 0.644. The predicted molar refractivity (Wildman–Crippen MR) is 113 cm³/mol. The highest BCUT2D eigenvalue weighted by Crippen LogP contribution is 2.23. The van der Waals surface area contributed by atoms with E-state index in [-0.39, 0.29) is 28.1 Å². The summed E-state index contributed by atoms with van der Waals surface area (Å²) in [6.45, 7) is 5.39. The molecule has 0 aliphatic rings. The molecule has 1 unspecified atom stereocenters. The molecule has 1 atom stereocenters. The molecule has 0 fully saturated rings. The van der Waals surface area contributed by atoms with Gasteiger partial charge in [0, 0.05) is 6.20 Å². The number of pyridine rings is 1. The first-order valence-corrected chi connectivity index (χ1v) is 10.7. The first-order chi connectivity index (χ1) is 13.8. The van der Waals surface area contributed by atoms with Crippen LogP contribution in [0.1, 0.15) is 40.1 Å². The number of amides is 1. The van der Waals surface area contributed by atoms with Crippen molar-refractivity contribution in [2.45, 2.75) is 31.7 Å². The smallest absolute Gasteiger partial charge is 0.262 e. The van der Waals surface area contributed by atoms with Gasteiger partial charge in [0.15, 0.2) is 0 Å². The van der Waals surface area contributed by atoms with E-state index in [2.05, 4.69) is 15.0 Å². The minimum atomic E-state index is -3.85. The Bertz CT molecular complexity index is 1130. The van der Waals surface area contributed by atoms with Gasteiger partial charge in [-0.1, -0.05) is 30.3 Å². The van der Waals surface area contributed by atoms with Gasteiger partial charge in [0.1, 0.15) is 0 Å². The molecule has 29 heavy (non-hydrogen) atoms. The van der Waals surface area contributed by atoms with Gasteiger partial charge in [-0.15, -0.1) is 0 Å². The summed E-state index contributed by atoms with van der Waals surface area (Å²) in [5.41, 5.74) is 2.65. The van der Waals surface area contributed by atoms with Crippen LogP contribution in [0.3, 0.4) is 0 Å². The van der Waals surface area contributed by atoms with Crippen molar-refractivity contribution in [3.8, 4) is 0 Å². The molecule has 0 aliphatic carbocycles. The summed E-state index contributed by atoms with van der Waals surface area (Å²) in [7, 11) is -3.85. The van der Waals surface area contributed by atoms with Crippen LogP contribution in [0.2, 0.25) is 0 Å². The first-order valence-electron chi connectivity index (χ1n) is 9.19. The zero-order valence-corrected chi connectivity index (χ0v) is 17.3. The molecule has 6 nitrogen and oxygen atoms in total. The monoisotopic (exact) mass is 409 g/mol. The fourth-order valence-corrected chi connectivity index (χ4v) is 4.36. The maximum Gasteiger partial charge on any atom is 0.262 e. The van der Waals surface area contributed by atoms with E-state index < -0.39 is 10.0 Å². The van der Waals surface area contributed by atoms with Crippen LogP contribution in [0.15, 0.2) is 71.8 Å². The van der Waals surface area contributed by atoms with Crippen molar-refractivity contribution in [3.63, 3.8) is 0 Å². The van der Waals surface area contributed by atoms with Gasteiger partial charge < -0.3 is 5.32 Å². The number of aromatic nitrogens is 1. The van der Waals surface area contributed by atoms with Crippen LogP contribution < -0.4 is 10.0 Å². The summed E-state index contributed by atoms with van der Waals surface area (Å²) in [5.74, 6) is -0.387. The van der Waals surface area contributed by atoms with Crippen molar-refractivity contribution in [2.24, 2.45) is 0 Å². The summed E-state index contributed by atoms with van der Waals surface area (Å²) in [6.07, 6.45) is 1.66. The number of sulfonamides is 1. The average Bonchev–Trinajstić information content (AvgIpc) is 2.70. The van der Waals surface area contributed by atoms with Crippen molar-refractivity contribution in [1.29, 1.82) is 0 Å². The van der Waals surface area contributed by atoms with Crippen molar-refractivity contribution in [1.82, 2.24) is 10.3 Å². The van der Waals surface area contributed by atoms with Crippen molar-refractivity contribution < 1.29 is 13.2 Å². The van der Waals surface area contributed by atoms with Gasteiger partial charge in [-0.3, -0.25) is 14.5 Å². The highest BCUT2D eigenvalue weighted by molar-refractivity contribution is 7.92. The maximum atomic E-state index is 12.9. The molecule has 0 saturated heterocycles. The number of carbonyl (C=O) groups is 1. The van der Waals surface area contributed by atoms with Gasteiger partial charge in [-0.25, -0.2) is 8.42 Å². The largest absolute Gasteiger partial charge is 0.344 e. The fourth-order valence-electron chi connectivity index (χ4n) is 2.95. The molecule has 2 aromatic carbocycles. The number of rotatable bonds is 6. The number of hydrogen-bond acceptors (Lipinski definition) is 4. The number of nitrogens with one attached hydrogen (secondary N) is 2. The Labute approximate surface area is 171 Å². The minimum Gasteiger partial charge on any atom is -0.344 e.